The summed E-state index contributed by atoms with van der Waals surface area (Å²) in [6, 6.07) is 0. The van der Waals surface area contributed by atoms with E-state index in [1.807, 2.05) is 6.08 Å². The maximum Gasteiger partial charge on any atom is 0.0751 e. The van der Waals surface area contributed by atoms with Crippen LogP contribution in [0.4, 0.5) is 0 Å². The quantitative estimate of drug-likeness (QED) is 0.0539. The van der Waals surface area contributed by atoms with Gasteiger partial charge in [0, 0.05) is 6.61 Å². The summed E-state index contributed by atoms with van der Waals surface area (Å²) < 4.78 is 0. The first-order chi connectivity index (χ1) is 21.8. The van der Waals surface area contributed by atoms with Gasteiger partial charge in [-0.25, -0.2) is 0 Å². The van der Waals surface area contributed by atoms with E-state index in [1.165, 1.54) is 225 Å². The van der Waals surface area contributed by atoms with Crippen LogP contribution in [0.25, 0.3) is 0 Å². The van der Waals surface area contributed by atoms with Crippen LogP contribution in [0.1, 0.15) is 245 Å². The highest BCUT2D eigenvalue weighted by molar-refractivity contribution is 4.70. The molecule has 0 aromatic rings. The van der Waals surface area contributed by atoms with Crippen molar-refractivity contribution in [3.05, 3.63) is 12.3 Å². The summed E-state index contributed by atoms with van der Waals surface area (Å²) in [7, 11) is 0. The highest BCUT2D eigenvalue weighted by Gasteiger charge is 2.07. The van der Waals surface area contributed by atoms with Crippen LogP contribution >= 0.6 is 0 Å². The van der Waals surface area contributed by atoms with Crippen molar-refractivity contribution < 1.29 is 10.2 Å². The van der Waals surface area contributed by atoms with Gasteiger partial charge in [-0.2, -0.15) is 0 Å². The molecule has 0 heterocycles. The maximum absolute atomic E-state index is 9.47. The first-order valence-electron chi connectivity index (χ1n) is 20.7. The third-order valence-electron chi connectivity index (χ3n) is 9.52. The number of hydrogen-bond acceptors (Lipinski definition) is 2. The Labute approximate surface area is 280 Å². The van der Waals surface area contributed by atoms with Gasteiger partial charge in [-0.3, -0.25) is 0 Å². The topological polar surface area (TPSA) is 40.5 Å². The minimum absolute atomic E-state index is 0.408. The van der Waals surface area contributed by atoms with Crippen molar-refractivity contribution in [1.29, 1.82) is 0 Å². The molecule has 0 fully saturated rings. The molecular weight excluding hydrogens is 536 g/mol. The third kappa shape index (κ3) is 43.6. The van der Waals surface area contributed by atoms with Gasteiger partial charge in [0.1, 0.15) is 0 Å². The molecule has 0 radical (unpaired) electrons. The zero-order valence-corrected chi connectivity index (χ0v) is 31.1. The van der Waals surface area contributed by atoms with Gasteiger partial charge in [-0.15, -0.1) is 0 Å². The van der Waals surface area contributed by atoms with Crippen molar-refractivity contribution in [1.82, 2.24) is 0 Å². The van der Waals surface area contributed by atoms with Crippen molar-refractivity contribution in [3.63, 3.8) is 0 Å². The molecule has 0 saturated carbocycles. The summed E-state index contributed by atoms with van der Waals surface area (Å²) >= 11 is 0. The Morgan fingerprint density at radius 1 is 0.364 bits per heavy atom. The van der Waals surface area contributed by atoms with E-state index in [0.29, 0.717) is 12.5 Å². The van der Waals surface area contributed by atoms with Crippen molar-refractivity contribution in [2.24, 2.45) is 5.92 Å². The molecule has 1 atom stereocenters. The lowest BCUT2D eigenvalue weighted by Crippen LogP contribution is -2.06. The summed E-state index contributed by atoms with van der Waals surface area (Å²) in [6.07, 6.45) is 51.5. The zero-order valence-electron chi connectivity index (χ0n) is 31.1. The fourth-order valence-corrected chi connectivity index (χ4v) is 6.35. The number of allylic oxidation sites excluding steroid dienone is 1. The number of aliphatic hydroxyl groups is 2. The molecule has 0 aromatic heterocycles. The number of unbranched alkanes of at least 4 members (excludes halogenated alkanes) is 30. The van der Waals surface area contributed by atoms with Gasteiger partial charge < -0.3 is 10.2 Å². The number of hydrogen-bond donors (Lipinski definition) is 2. The highest BCUT2D eigenvalue weighted by atomic mass is 16.3. The van der Waals surface area contributed by atoms with Crippen molar-refractivity contribution in [3.8, 4) is 0 Å². The maximum atomic E-state index is 9.47. The summed E-state index contributed by atoms with van der Waals surface area (Å²) in [5.74, 6) is 0.580. The van der Waals surface area contributed by atoms with Crippen LogP contribution in [0.2, 0.25) is 0 Å². The molecule has 0 amide bonds. The van der Waals surface area contributed by atoms with E-state index in [1.54, 1.807) is 0 Å². The first kappa shape index (κ1) is 45.6. The minimum atomic E-state index is 0.408. The largest absolute Gasteiger partial charge is 0.516 e. The lowest BCUT2D eigenvalue weighted by molar-refractivity contribution is 0.204. The molecule has 0 aromatic carbocycles. The zero-order chi connectivity index (χ0) is 32.4. The Morgan fingerprint density at radius 2 is 0.614 bits per heavy atom. The molecule has 2 nitrogen and oxygen atoms in total. The normalized spacial score (nSPS) is 12.1. The predicted octanol–water partition coefficient (Wildman–Crippen LogP) is 15.4. The molecular formula is C42H86O2. The molecule has 0 aliphatic rings. The molecule has 0 rings (SSSR count). The van der Waals surface area contributed by atoms with Crippen molar-refractivity contribution in [2.75, 3.05) is 6.61 Å². The smallest absolute Gasteiger partial charge is 0.0751 e. The van der Waals surface area contributed by atoms with E-state index >= 15 is 0 Å². The summed E-state index contributed by atoms with van der Waals surface area (Å²) in [5.41, 5.74) is 0. The minimum Gasteiger partial charge on any atom is -0.516 e. The highest BCUT2D eigenvalue weighted by Crippen LogP contribution is 2.19. The summed E-state index contributed by atoms with van der Waals surface area (Å²) in [4.78, 5) is 0. The van der Waals surface area contributed by atoms with Gasteiger partial charge in [0.25, 0.3) is 0 Å². The lowest BCUT2D eigenvalue weighted by Gasteiger charge is -2.13. The van der Waals surface area contributed by atoms with Crippen molar-refractivity contribution >= 4 is 0 Å². The number of rotatable bonds is 36. The van der Waals surface area contributed by atoms with E-state index in [2.05, 4.69) is 20.8 Å². The Morgan fingerprint density at radius 3 is 0.864 bits per heavy atom. The lowest BCUT2D eigenvalue weighted by atomic mass is 9.95. The second kappa shape index (κ2) is 44.6. The van der Waals surface area contributed by atoms with Crippen LogP contribution in [0, 0.1) is 5.92 Å². The van der Waals surface area contributed by atoms with Crippen LogP contribution in [0.15, 0.2) is 12.3 Å². The molecule has 0 spiro atoms. The van der Waals surface area contributed by atoms with Gasteiger partial charge in [0.15, 0.2) is 0 Å². The predicted molar refractivity (Wildman–Crippen MR) is 201 cm³/mol. The van der Waals surface area contributed by atoms with E-state index in [4.69, 9.17) is 5.11 Å². The third-order valence-corrected chi connectivity index (χ3v) is 9.52. The Balaban J connectivity index is 0. The molecule has 0 bridgehead atoms. The molecule has 2 N–H and O–H groups in total. The molecule has 0 aliphatic carbocycles. The molecule has 44 heavy (non-hydrogen) atoms. The molecule has 0 saturated heterocycles. The van der Waals surface area contributed by atoms with Gasteiger partial charge >= 0.3 is 0 Å². The van der Waals surface area contributed by atoms with Crippen LogP contribution in [0.3, 0.4) is 0 Å². The van der Waals surface area contributed by atoms with E-state index < -0.39 is 0 Å². The molecule has 0 aliphatic heterocycles. The second-order valence-corrected chi connectivity index (χ2v) is 14.1. The molecule has 2 heteroatoms. The Hall–Kier alpha value is -0.500. The Bertz CT molecular complexity index is 488. The summed E-state index contributed by atoms with van der Waals surface area (Å²) in [5, 5.41) is 18.0. The standard InChI is InChI=1S/C22H44O.C20H42O/c1-2-3-4-5-6-7-8-9-10-11-12-13-14-15-16-17-18-19-20-21-22-23;1-3-5-7-9-11-12-14-16-18-20(19-21)17-15-13-10-8-6-4-2/h21-23H,2-20H2,1H3;20-21H,3-19H2,1-2H3/b22-21+;. The fourth-order valence-electron chi connectivity index (χ4n) is 6.35. The second-order valence-electron chi connectivity index (χ2n) is 14.1. The SMILES string of the molecule is CCCCCCCCCCC(CO)CCCCCCCC.CCCCCCCCCCCCCCCCCCCC/C=C/O. The van der Waals surface area contributed by atoms with Crippen LogP contribution in [-0.2, 0) is 0 Å². The van der Waals surface area contributed by atoms with Crippen LogP contribution in [0.5, 0.6) is 0 Å². The average Bonchev–Trinajstić information content (AvgIpc) is 3.04. The fraction of sp³-hybridized carbons (Fsp3) is 0.952. The van der Waals surface area contributed by atoms with E-state index in [9.17, 15) is 5.11 Å². The average molecular weight is 623 g/mol. The van der Waals surface area contributed by atoms with Gasteiger partial charge in [0.2, 0.25) is 0 Å². The summed E-state index contributed by atoms with van der Waals surface area (Å²) in [6.45, 7) is 7.24. The monoisotopic (exact) mass is 623 g/mol. The van der Waals surface area contributed by atoms with Crippen molar-refractivity contribution in [2.45, 2.75) is 245 Å². The Kier molecular flexibility index (Phi) is 46.3. The van der Waals surface area contributed by atoms with Gasteiger partial charge in [-0.05, 0) is 31.6 Å². The van der Waals surface area contributed by atoms with E-state index in [-0.39, 0.29) is 0 Å². The first-order valence-corrected chi connectivity index (χ1v) is 20.7. The van der Waals surface area contributed by atoms with Gasteiger partial charge in [0.05, 0.1) is 6.26 Å². The molecule has 266 valence electrons. The number of aliphatic hydroxyl groups excluding tert-OH is 2. The van der Waals surface area contributed by atoms with E-state index in [0.717, 1.165) is 6.42 Å². The van der Waals surface area contributed by atoms with Crippen LogP contribution in [-0.4, -0.2) is 16.8 Å². The molecule has 1 unspecified atom stereocenters. The van der Waals surface area contributed by atoms with Gasteiger partial charge in [-0.1, -0.05) is 226 Å². The van der Waals surface area contributed by atoms with Crippen LogP contribution < -0.4 is 0 Å².